The topological polar surface area (TPSA) is 13.1 Å². The molecule has 3 aromatic carbocycles. The van der Waals surface area contributed by atoms with Crippen molar-refractivity contribution < 1.29 is 9.30 Å². The number of ether oxygens (including phenoxy) is 1. The fraction of sp³-hybridized carbons (Fsp3) is 0.424. The molecule has 35 heavy (non-hydrogen) atoms. The summed E-state index contributed by atoms with van der Waals surface area (Å²) in [6.07, 6.45) is 10.0. The van der Waals surface area contributed by atoms with Gasteiger partial charge < -0.3 is 4.74 Å². The number of hydrogen-bond donors (Lipinski definition) is 0. The highest BCUT2D eigenvalue weighted by atomic mass is 16.5. The minimum atomic E-state index is 0.226. The zero-order valence-electron chi connectivity index (χ0n) is 22.2. The predicted octanol–water partition coefficient (Wildman–Crippen LogP) is 8.53. The molecule has 4 aromatic rings. The highest BCUT2D eigenvalue weighted by molar-refractivity contribution is 6.07. The molecule has 2 heterocycles. The lowest BCUT2D eigenvalue weighted by Crippen LogP contribution is -2.32. The van der Waals surface area contributed by atoms with Gasteiger partial charge in [-0.25, -0.2) is 0 Å². The number of pyridine rings is 1. The van der Waals surface area contributed by atoms with Gasteiger partial charge in [-0.3, -0.25) is 0 Å². The number of hydrogen-bond acceptors (Lipinski definition) is 1. The van der Waals surface area contributed by atoms with Crippen molar-refractivity contribution in [1.82, 2.24) is 0 Å². The van der Waals surface area contributed by atoms with Gasteiger partial charge in [-0.15, -0.1) is 0 Å². The number of aryl methyl sites for hydroxylation is 2. The molecule has 6 rings (SSSR count). The Hall–Kier alpha value is -2.87. The Balaban J connectivity index is 1.59. The van der Waals surface area contributed by atoms with Gasteiger partial charge in [-0.05, 0) is 83.9 Å². The van der Waals surface area contributed by atoms with Crippen LogP contribution in [0.2, 0.25) is 0 Å². The Morgan fingerprint density at radius 1 is 0.943 bits per heavy atom. The van der Waals surface area contributed by atoms with Crippen LogP contribution in [0.1, 0.15) is 68.7 Å². The maximum atomic E-state index is 6.90. The number of aromatic nitrogens is 1. The van der Waals surface area contributed by atoms with Crippen LogP contribution in [-0.4, -0.2) is 0 Å². The van der Waals surface area contributed by atoms with Gasteiger partial charge in [0.1, 0.15) is 12.8 Å². The first-order valence-corrected chi connectivity index (χ1v) is 13.4. The maximum Gasteiger partial charge on any atom is 0.257 e. The number of fused-ring (bicyclic) bond motifs is 4. The van der Waals surface area contributed by atoms with E-state index in [0.717, 1.165) is 23.8 Å². The van der Waals surface area contributed by atoms with Gasteiger partial charge in [-0.1, -0.05) is 64.7 Å². The molecule has 180 valence electrons. The molecule has 0 spiro atoms. The lowest BCUT2D eigenvalue weighted by Gasteiger charge is -2.25. The van der Waals surface area contributed by atoms with Crippen LogP contribution in [0.25, 0.3) is 32.8 Å². The van der Waals surface area contributed by atoms with Crippen molar-refractivity contribution in [3.63, 3.8) is 0 Å². The van der Waals surface area contributed by atoms with Gasteiger partial charge in [0, 0.05) is 16.2 Å². The molecule has 1 aromatic heterocycles. The van der Waals surface area contributed by atoms with Crippen molar-refractivity contribution in [3.8, 4) is 22.8 Å². The zero-order valence-corrected chi connectivity index (χ0v) is 22.2. The van der Waals surface area contributed by atoms with E-state index < -0.39 is 0 Å². The van der Waals surface area contributed by atoms with Gasteiger partial charge in [0.25, 0.3) is 5.69 Å². The number of nitrogens with zero attached hydrogens (tertiary/aromatic N) is 1. The molecule has 2 aliphatic rings. The van der Waals surface area contributed by atoms with E-state index in [4.69, 9.17) is 4.74 Å². The molecule has 0 amide bonds. The van der Waals surface area contributed by atoms with E-state index >= 15 is 0 Å². The summed E-state index contributed by atoms with van der Waals surface area (Å²) in [5.41, 5.74) is 8.26. The van der Waals surface area contributed by atoms with Crippen LogP contribution in [0, 0.1) is 25.2 Å². The molecular weight excluding hydrogens is 426 g/mol. The maximum absolute atomic E-state index is 6.90. The van der Waals surface area contributed by atoms with Crippen LogP contribution in [0.5, 0.6) is 11.5 Å². The van der Waals surface area contributed by atoms with Gasteiger partial charge in [0.15, 0.2) is 6.20 Å². The molecule has 2 nitrogen and oxygen atoms in total. The van der Waals surface area contributed by atoms with Crippen molar-refractivity contribution in [1.29, 1.82) is 0 Å². The van der Waals surface area contributed by atoms with Crippen LogP contribution in [0.15, 0.2) is 42.6 Å². The van der Waals surface area contributed by atoms with E-state index in [1.807, 2.05) is 0 Å². The highest BCUT2D eigenvalue weighted by Crippen LogP contribution is 2.50. The third-order valence-corrected chi connectivity index (χ3v) is 8.23. The molecule has 2 heteroatoms. The second kappa shape index (κ2) is 8.08. The zero-order chi connectivity index (χ0) is 24.5. The Kier molecular flexibility index (Phi) is 5.22. The van der Waals surface area contributed by atoms with E-state index in [-0.39, 0.29) is 5.41 Å². The SMILES string of the molecule is Cc1cc2cc(CC(C)(C)C)cc3c2c(c1C)-c1c(c2cc(CC4CCCC4)ccc2c[n+]1C)O3. The molecule has 1 saturated carbocycles. The normalized spacial score (nSPS) is 15.6. The minimum absolute atomic E-state index is 0.226. The average molecular weight is 465 g/mol. The Labute approximate surface area is 209 Å². The van der Waals surface area contributed by atoms with Crippen molar-refractivity contribution in [2.24, 2.45) is 18.4 Å². The monoisotopic (exact) mass is 464 g/mol. The number of rotatable bonds is 3. The summed E-state index contributed by atoms with van der Waals surface area (Å²) in [4.78, 5) is 0. The summed E-state index contributed by atoms with van der Waals surface area (Å²) in [6, 6.07) is 14.1. The van der Waals surface area contributed by atoms with E-state index in [2.05, 4.69) is 88.8 Å². The third kappa shape index (κ3) is 3.92. The predicted molar refractivity (Wildman–Crippen MR) is 146 cm³/mol. The van der Waals surface area contributed by atoms with Crippen LogP contribution in [0.4, 0.5) is 0 Å². The second-order valence-corrected chi connectivity index (χ2v) is 12.4. The largest absolute Gasteiger partial charge is 0.449 e. The molecule has 0 N–H and O–H groups in total. The fourth-order valence-electron chi connectivity index (χ4n) is 6.55. The van der Waals surface area contributed by atoms with Gasteiger partial charge in [0.05, 0.1) is 5.56 Å². The summed E-state index contributed by atoms with van der Waals surface area (Å²) in [7, 11) is 2.17. The highest BCUT2D eigenvalue weighted by Gasteiger charge is 2.32. The standard InChI is InChI=1S/C33H38NO/c1-20-13-26-15-24(18-33(3,4)5)17-28-30(26)29(21(20)2)31-32(35-28)27-16-23(14-22-9-7-8-10-22)11-12-25(27)19-34(31)6/h11-13,15-17,19,22H,7-10,14,18H2,1-6H3/q+1. The van der Waals surface area contributed by atoms with E-state index in [0.29, 0.717) is 0 Å². The third-order valence-electron chi connectivity index (χ3n) is 8.23. The van der Waals surface area contributed by atoms with Gasteiger partial charge >= 0.3 is 0 Å². The minimum Gasteiger partial charge on any atom is -0.449 e. The van der Waals surface area contributed by atoms with Crippen molar-refractivity contribution in [2.45, 2.75) is 73.1 Å². The molecule has 0 unspecified atom stereocenters. The molecule has 1 aliphatic carbocycles. The smallest absolute Gasteiger partial charge is 0.257 e. The van der Waals surface area contributed by atoms with Crippen LogP contribution < -0.4 is 9.30 Å². The quantitative estimate of drug-likeness (QED) is 0.244. The average Bonchev–Trinajstić information content (AvgIpc) is 3.29. The van der Waals surface area contributed by atoms with Gasteiger partial charge in [-0.2, -0.15) is 4.57 Å². The van der Waals surface area contributed by atoms with E-state index in [1.54, 1.807) is 0 Å². The summed E-state index contributed by atoms with van der Waals surface area (Å²) in [5, 5.41) is 5.04. The van der Waals surface area contributed by atoms with Crippen molar-refractivity contribution >= 4 is 21.5 Å². The molecule has 1 fully saturated rings. The summed E-state index contributed by atoms with van der Waals surface area (Å²) in [5.74, 6) is 2.87. The van der Waals surface area contributed by atoms with Crippen LogP contribution >= 0.6 is 0 Å². The Morgan fingerprint density at radius 3 is 2.46 bits per heavy atom. The Bertz CT molecular complexity index is 1480. The van der Waals surface area contributed by atoms with Crippen molar-refractivity contribution in [2.75, 3.05) is 0 Å². The first-order valence-electron chi connectivity index (χ1n) is 13.4. The first kappa shape index (κ1) is 22.6. The summed E-state index contributed by atoms with van der Waals surface area (Å²) < 4.78 is 9.18. The van der Waals surface area contributed by atoms with Gasteiger partial charge in [0.2, 0.25) is 5.75 Å². The molecule has 1 aliphatic heterocycles. The molecular formula is C33H38NO+. The molecule has 0 radical (unpaired) electrons. The summed E-state index contributed by atoms with van der Waals surface area (Å²) in [6.45, 7) is 11.4. The summed E-state index contributed by atoms with van der Waals surface area (Å²) >= 11 is 0. The lowest BCUT2D eigenvalue weighted by atomic mass is 9.84. The lowest BCUT2D eigenvalue weighted by molar-refractivity contribution is -0.659. The second-order valence-electron chi connectivity index (χ2n) is 12.4. The van der Waals surface area contributed by atoms with Crippen LogP contribution in [0.3, 0.4) is 0 Å². The van der Waals surface area contributed by atoms with Crippen molar-refractivity contribution in [3.05, 3.63) is 64.8 Å². The first-order chi connectivity index (χ1) is 16.7. The van der Waals surface area contributed by atoms with E-state index in [9.17, 15) is 0 Å². The van der Waals surface area contributed by atoms with E-state index in [1.165, 1.54) is 87.2 Å². The van der Waals surface area contributed by atoms with Crippen LogP contribution in [-0.2, 0) is 19.9 Å². The molecule has 0 bridgehead atoms. The fourth-order valence-corrected chi connectivity index (χ4v) is 6.55. The number of benzene rings is 3. The molecule has 0 saturated heterocycles. The Morgan fingerprint density at radius 2 is 1.71 bits per heavy atom. The molecule has 0 atom stereocenters.